The van der Waals surface area contributed by atoms with Crippen LogP contribution in [0, 0.1) is 0 Å². The van der Waals surface area contributed by atoms with Gasteiger partial charge in [-0.1, -0.05) is 12.1 Å². The number of rotatable bonds is 1. The number of fused-ring (bicyclic) bond motifs is 1. The third-order valence-electron chi connectivity index (χ3n) is 3.78. The molecule has 2 aliphatic heterocycles. The highest BCUT2D eigenvalue weighted by atomic mass is 16.5. The third kappa shape index (κ3) is 2.19. The summed E-state index contributed by atoms with van der Waals surface area (Å²) in [6.07, 6.45) is 1.15. The van der Waals surface area contributed by atoms with Crippen molar-refractivity contribution in [3.05, 3.63) is 24.3 Å². The van der Waals surface area contributed by atoms with Gasteiger partial charge in [-0.2, -0.15) is 0 Å². The van der Waals surface area contributed by atoms with E-state index in [-0.39, 0.29) is 5.91 Å². The zero-order chi connectivity index (χ0) is 13.3. The molecule has 1 saturated heterocycles. The zero-order valence-electron chi connectivity index (χ0n) is 10.8. The number of hydrogen-bond donors (Lipinski definition) is 1. The molecule has 0 radical (unpaired) electrons. The summed E-state index contributed by atoms with van der Waals surface area (Å²) in [6.45, 7) is 2.16. The maximum atomic E-state index is 12.7. The largest absolute Gasteiger partial charge is 0.490 e. The number of ether oxygens (including phenoxy) is 2. The minimum atomic E-state index is -0.803. The van der Waals surface area contributed by atoms with Gasteiger partial charge in [-0.3, -0.25) is 4.79 Å². The molecule has 0 aliphatic carbocycles. The van der Waals surface area contributed by atoms with E-state index in [2.05, 4.69) is 0 Å². The molecule has 0 aromatic heterocycles. The first kappa shape index (κ1) is 12.4. The highest BCUT2D eigenvalue weighted by Crippen LogP contribution is 2.33. The highest BCUT2D eigenvalue weighted by Gasteiger charge is 2.40. The zero-order valence-corrected chi connectivity index (χ0v) is 10.8. The minimum absolute atomic E-state index is 0.0217. The Balaban J connectivity index is 1.88. The normalized spacial score (nSPS) is 21.4. The Morgan fingerprint density at radius 3 is 2.74 bits per heavy atom. The second kappa shape index (κ2) is 4.83. The lowest BCUT2D eigenvalue weighted by molar-refractivity contribution is -0.127. The molecule has 2 N–H and O–H groups in total. The summed E-state index contributed by atoms with van der Waals surface area (Å²) in [5.41, 5.74) is 6.29. The van der Waals surface area contributed by atoms with E-state index in [1.807, 2.05) is 24.3 Å². The van der Waals surface area contributed by atoms with Crippen LogP contribution in [0.2, 0.25) is 0 Å². The summed E-state index contributed by atoms with van der Waals surface area (Å²) in [4.78, 5) is 14.5. The summed E-state index contributed by atoms with van der Waals surface area (Å²) >= 11 is 0. The number of nitrogens with zero attached hydrogens (tertiary/aromatic N) is 1. The van der Waals surface area contributed by atoms with Gasteiger partial charge in [0.1, 0.15) is 17.9 Å². The molecule has 2 aliphatic rings. The lowest BCUT2D eigenvalue weighted by Crippen LogP contribution is -2.59. The Morgan fingerprint density at radius 2 is 1.95 bits per heavy atom. The molecule has 1 aromatic rings. The summed E-state index contributed by atoms with van der Waals surface area (Å²) in [5.74, 6) is 0.726. The van der Waals surface area contributed by atoms with Crippen LogP contribution in [0.4, 0.5) is 5.69 Å². The van der Waals surface area contributed by atoms with Gasteiger partial charge in [-0.05, 0) is 25.0 Å². The predicted molar refractivity (Wildman–Crippen MR) is 71.3 cm³/mol. The molecule has 0 bridgehead atoms. The van der Waals surface area contributed by atoms with Crippen molar-refractivity contribution in [3.63, 3.8) is 0 Å². The number of carbonyl (C=O) groups excluding carboxylic acids is 1. The minimum Gasteiger partial charge on any atom is -0.490 e. The SMILES string of the molecule is NC1(C(=O)N2CCOc3ccccc32)CCOCC1. The third-order valence-corrected chi connectivity index (χ3v) is 3.78. The molecule has 3 rings (SSSR count). The van der Waals surface area contributed by atoms with Crippen LogP contribution < -0.4 is 15.4 Å². The lowest BCUT2D eigenvalue weighted by atomic mass is 9.89. The molecule has 1 fully saturated rings. The number of nitrogens with two attached hydrogens (primary N) is 1. The fraction of sp³-hybridized carbons (Fsp3) is 0.500. The number of anilines is 1. The Kier molecular flexibility index (Phi) is 3.16. The van der Waals surface area contributed by atoms with Crippen molar-refractivity contribution in [2.24, 2.45) is 5.73 Å². The van der Waals surface area contributed by atoms with Gasteiger partial charge in [0.25, 0.3) is 0 Å². The number of benzene rings is 1. The van der Waals surface area contributed by atoms with Gasteiger partial charge < -0.3 is 20.1 Å². The van der Waals surface area contributed by atoms with Gasteiger partial charge in [0.05, 0.1) is 12.2 Å². The average molecular weight is 262 g/mol. The standard InChI is InChI=1S/C14H18N2O3/c15-14(5-8-18-9-6-14)13(17)16-7-10-19-12-4-2-1-3-11(12)16/h1-4H,5-10,15H2. The van der Waals surface area contributed by atoms with Crippen molar-refractivity contribution in [2.45, 2.75) is 18.4 Å². The number of amides is 1. The number of carbonyl (C=O) groups is 1. The Labute approximate surface area is 112 Å². The van der Waals surface area contributed by atoms with Crippen LogP contribution in [-0.4, -0.2) is 37.8 Å². The molecule has 102 valence electrons. The molecule has 5 heteroatoms. The molecular weight excluding hydrogens is 244 g/mol. The summed E-state index contributed by atoms with van der Waals surface area (Å²) in [7, 11) is 0. The van der Waals surface area contributed by atoms with Crippen molar-refractivity contribution < 1.29 is 14.3 Å². The summed E-state index contributed by atoms with van der Waals surface area (Å²) in [5, 5.41) is 0. The van der Waals surface area contributed by atoms with E-state index >= 15 is 0 Å². The molecule has 0 unspecified atom stereocenters. The van der Waals surface area contributed by atoms with Crippen LogP contribution in [0.3, 0.4) is 0 Å². The molecule has 1 aromatic carbocycles. The number of para-hydroxylation sites is 2. The van der Waals surface area contributed by atoms with Crippen LogP contribution in [-0.2, 0) is 9.53 Å². The second-order valence-electron chi connectivity index (χ2n) is 5.04. The summed E-state index contributed by atoms with van der Waals surface area (Å²) in [6, 6.07) is 7.58. The Bertz CT molecular complexity index is 483. The topological polar surface area (TPSA) is 64.8 Å². The summed E-state index contributed by atoms with van der Waals surface area (Å²) < 4.78 is 10.9. The van der Waals surface area contributed by atoms with E-state index in [9.17, 15) is 4.79 Å². The molecule has 2 heterocycles. The monoisotopic (exact) mass is 262 g/mol. The first-order chi connectivity index (χ1) is 9.21. The molecule has 0 atom stereocenters. The fourth-order valence-corrected chi connectivity index (χ4v) is 2.60. The van der Waals surface area contributed by atoms with E-state index in [0.717, 1.165) is 11.4 Å². The molecule has 0 spiro atoms. The molecule has 5 nitrogen and oxygen atoms in total. The van der Waals surface area contributed by atoms with E-state index < -0.39 is 5.54 Å². The molecular formula is C14H18N2O3. The van der Waals surface area contributed by atoms with Crippen LogP contribution in [0.5, 0.6) is 5.75 Å². The van der Waals surface area contributed by atoms with Gasteiger partial charge in [0, 0.05) is 13.2 Å². The number of hydrogen-bond acceptors (Lipinski definition) is 4. The Morgan fingerprint density at radius 1 is 1.21 bits per heavy atom. The van der Waals surface area contributed by atoms with E-state index in [0.29, 0.717) is 39.2 Å². The van der Waals surface area contributed by atoms with Crippen molar-refractivity contribution in [1.82, 2.24) is 0 Å². The lowest BCUT2D eigenvalue weighted by Gasteiger charge is -2.38. The van der Waals surface area contributed by atoms with Crippen molar-refractivity contribution in [1.29, 1.82) is 0 Å². The Hall–Kier alpha value is -1.59. The van der Waals surface area contributed by atoms with Crippen LogP contribution in [0.25, 0.3) is 0 Å². The average Bonchev–Trinajstić information content (AvgIpc) is 2.47. The predicted octanol–water partition coefficient (Wildman–Crippen LogP) is 0.920. The maximum Gasteiger partial charge on any atom is 0.247 e. The van der Waals surface area contributed by atoms with Gasteiger partial charge in [0.15, 0.2) is 0 Å². The van der Waals surface area contributed by atoms with Gasteiger partial charge in [-0.15, -0.1) is 0 Å². The molecule has 1 amide bonds. The molecule has 19 heavy (non-hydrogen) atoms. The van der Waals surface area contributed by atoms with Crippen molar-refractivity contribution >= 4 is 11.6 Å². The van der Waals surface area contributed by atoms with Crippen LogP contribution in [0.15, 0.2) is 24.3 Å². The maximum absolute atomic E-state index is 12.7. The first-order valence-electron chi connectivity index (χ1n) is 6.61. The molecule has 0 saturated carbocycles. The van der Waals surface area contributed by atoms with Crippen LogP contribution >= 0.6 is 0 Å². The second-order valence-corrected chi connectivity index (χ2v) is 5.04. The van der Waals surface area contributed by atoms with Gasteiger partial charge in [0.2, 0.25) is 5.91 Å². The van der Waals surface area contributed by atoms with Crippen molar-refractivity contribution in [2.75, 3.05) is 31.3 Å². The van der Waals surface area contributed by atoms with Gasteiger partial charge >= 0.3 is 0 Å². The first-order valence-corrected chi connectivity index (χ1v) is 6.61. The fourth-order valence-electron chi connectivity index (χ4n) is 2.60. The van der Waals surface area contributed by atoms with Crippen LogP contribution in [0.1, 0.15) is 12.8 Å². The van der Waals surface area contributed by atoms with Gasteiger partial charge in [-0.25, -0.2) is 0 Å². The van der Waals surface area contributed by atoms with E-state index in [1.54, 1.807) is 4.90 Å². The smallest absolute Gasteiger partial charge is 0.247 e. The quantitative estimate of drug-likeness (QED) is 0.817. The van der Waals surface area contributed by atoms with Crippen molar-refractivity contribution in [3.8, 4) is 5.75 Å². The van der Waals surface area contributed by atoms with E-state index in [1.165, 1.54) is 0 Å². The highest BCUT2D eigenvalue weighted by molar-refractivity contribution is 6.01. The van der Waals surface area contributed by atoms with E-state index in [4.69, 9.17) is 15.2 Å².